The molecule has 0 saturated carbocycles. The third-order valence-electron chi connectivity index (χ3n) is 4.45. The third kappa shape index (κ3) is 5.78. The topological polar surface area (TPSA) is 92.5 Å². The molecule has 0 heterocycles. The van der Waals surface area contributed by atoms with E-state index >= 15 is 0 Å². The molecule has 2 aromatic rings. The number of nitrogens with one attached hydrogen (secondary N) is 1. The van der Waals surface area contributed by atoms with Crippen LogP contribution in [0.4, 0.5) is 0 Å². The minimum Gasteiger partial charge on any atom is -0.350 e. The van der Waals surface area contributed by atoms with Crippen LogP contribution in [0.5, 0.6) is 0 Å². The van der Waals surface area contributed by atoms with E-state index in [4.69, 9.17) is 5.73 Å². The summed E-state index contributed by atoms with van der Waals surface area (Å²) in [7, 11) is -3.48. The van der Waals surface area contributed by atoms with E-state index in [9.17, 15) is 13.2 Å². The normalized spacial score (nSPS) is 12.3. The molecule has 154 valence electrons. The monoisotopic (exact) mass is 425 g/mol. The number of sulfonamides is 1. The Bertz CT molecular complexity index is 865. The minimum atomic E-state index is -3.48. The van der Waals surface area contributed by atoms with E-state index in [2.05, 4.69) is 5.32 Å². The fourth-order valence-corrected chi connectivity index (χ4v) is 4.17. The summed E-state index contributed by atoms with van der Waals surface area (Å²) in [4.78, 5) is 12.5. The molecule has 8 heteroatoms. The van der Waals surface area contributed by atoms with Crippen molar-refractivity contribution in [2.24, 2.45) is 5.73 Å². The van der Waals surface area contributed by atoms with Crippen LogP contribution in [0.1, 0.15) is 36.6 Å². The van der Waals surface area contributed by atoms with Crippen molar-refractivity contribution >= 4 is 28.3 Å². The molecular formula is C20H28ClN3O3S. The predicted octanol–water partition coefficient (Wildman–Crippen LogP) is 2.76. The number of nitrogens with two attached hydrogens (primary N) is 1. The second-order valence-electron chi connectivity index (χ2n) is 6.34. The van der Waals surface area contributed by atoms with E-state index in [0.29, 0.717) is 13.1 Å². The predicted molar refractivity (Wildman–Crippen MR) is 114 cm³/mol. The maximum Gasteiger partial charge on any atom is 0.243 e. The highest BCUT2D eigenvalue weighted by molar-refractivity contribution is 7.89. The van der Waals surface area contributed by atoms with Crippen LogP contribution in [0.25, 0.3) is 0 Å². The molecule has 0 bridgehead atoms. The first-order valence-electron chi connectivity index (χ1n) is 8.98. The number of benzene rings is 2. The summed E-state index contributed by atoms with van der Waals surface area (Å²) >= 11 is 0. The van der Waals surface area contributed by atoms with E-state index in [-0.39, 0.29) is 29.8 Å². The van der Waals surface area contributed by atoms with Crippen molar-refractivity contribution in [1.29, 1.82) is 0 Å². The summed E-state index contributed by atoms with van der Waals surface area (Å²) in [5.41, 5.74) is 8.66. The SMILES string of the molecule is CCN(CC)S(=O)(=O)c1ccc(CNC(=O)C(N)c2ccc(C)cc2)cc1.Cl. The highest BCUT2D eigenvalue weighted by atomic mass is 35.5. The van der Waals surface area contributed by atoms with E-state index in [1.165, 1.54) is 4.31 Å². The van der Waals surface area contributed by atoms with Crippen molar-refractivity contribution in [3.63, 3.8) is 0 Å². The smallest absolute Gasteiger partial charge is 0.243 e. The number of nitrogens with zero attached hydrogens (tertiary/aromatic N) is 1. The molecule has 0 aliphatic carbocycles. The van der Waals surface area contributed by atoms with Crippen LogP contribution in [0, 0.1) is 6.92 Å². The largest absolute Gasteiger partial charge is 0.350 e. The van der Waals surface area contributed by atoms with Crippen LogP contribution in [0.3, 0.4) is 0 Å². The number of hydrogen-bond donors (Lipinski definition) is 2. The number of aryl methyl sites for hydroxylation is 1. The van der Waals surface area contributed by atoms with Gasteiger partial charge in [0, 0.05) is 19.6 Å². The molecule has 0 radical (unpaired) electrons. The maximum absolute atomic E-state index is 12.5. The standard InChI is InChI=1S/C20H27N3O3S.ClH/c1-4-23(5-2)27(25,26)18-12-8-16(9-13-18)14-22-20(24)19(21)17-10-6-15(3)7-11-17;/h6-13,19H,4-5,14,21H2,1-3H3,(H,22,24);1H. The Morgan fingerprint density at radius 3 is 2.07 bits per heavy atom. The summed E-state index contributed by atoms with van der Waals surface area (Å²) in [6.45, 7) is 6.72. The second kappa shape index (κ2) is 10.6. The first-order valence-corrected chi connectivity index (χ1v) is 10.4. The van der Waals surface area contributed by atoms with Gasteiger partial charge in [-0.25, -0.2) is 8.42 Å². The number of halogens is 1. The molecule has 0 aliphatic rings. The van der Waals surface area contributed by atoms with Gasteiger partial charge >= 0.3 is 0 Å². The van der Waals surface area contributed by atoms with Crippen LogP contribution in [0.2, 0.25) is 0 Å². The first-order chi connectivity index (χ1) is 12.8. The van der Waals surface area contributed by atoms with Crippen molar-refractivity contribution in [2.75, 3.05) is 13.1 Å². The molecule has 1 unspecified atom stereocenters. The second-order valence-corrected chi connectivity index (χ2v) is 8.28. The molecule has 1 amide bonds. The summed E-state index contributed by atoms with van der Waals surface area (Å²) in [5, 5.41) is 2.79. The van der Waals surface area contributed by atoms with Crippen LogP contribution in [-0.4, -0.2) is 31.7 Å². The highest BCUT2D eigenvalue weighted by Crippen LogP contribution is 2.16. The van der Waals surface area contributed by atoms with E-state index in [1.807, 2.05) is 45.0 Å². The Kier molecular flexibility index (Phi) is 9.10. The van der Waals surface area contributed by atoms with E-state index in [0.717, 1.165) is 16.7 Å². The highest BCUT2D eigenvalue weighted by Gasteiger charge is 2.21. The molecule has 0 fully saturated rings. The van der Waals surface area contributed by atoms with Gasteiger partial charge in [-0.2, -0.15) is 4.31 Å². The van der Waals surface area contributed by atoms with Crippen molar-refractivity contribution < 1.29 is 13.2 Å². The Labute approximate surface area is 173 Å². The van der Waals surface area contributed by atoms with Gasteiger partial charge in [-0.3, -0.25) is 4.79 Å². The molecule has 0 aliphatic heterocycles. The van der Waals surface area contributed by atoms with Gasteiger partial charge in [0.05, 0.1) is 4.90 Å². The Balaban J connectivity index is 0.00000392. The molecule has 0 saturated heterocycles. The Morgan fingerprint density at radius 2 is 1.57 bits per heavy atom. The third-order valence-corrected chi connectivity index (χ3v) is 6.52. The van der Waals surface area contributed by atoms with Gasteiger partial charge in [0.2, 0.25) is 15.9 Å². The summed E-state index contributed by atoms with van der Waals surface area (Å²) in [5.74, 6) is -0.279. The van der Waals surface area contributed by atoms with Gasteiger partial charge in [-0.05, 0) is 30.2 Å². The Morgan fingerprint density at radius 1 is 1.04 bits per heavy atom. The first kappa shape index (κ1) is 24.1. The zero-order chi connectivity index (χ0) is 20.0. The average molecular weight is 426 g/mol. The van der Waals surface area contributed by atoms with Crippen molar-refractivity contribution in [3.8, 4) is 0 Å². The molecule has 28 heavy (non-hydrogen) atoms. The molecule has 2 rings (SSSR count). The van der Waals surface area contributed by atoms with Gasteiger partial charge in [0.15, 0.2) is 0 Å². The van der Waals surface area contributed by atoms with Gasteiger partial charge in [-0.15, -0.1) is 12.4 Å². The fraction of sp³-hybridized carbons (Fsp3) is 0.350. The number of carbonyl (C=O) groups is 1. The quantitative estimate of drug-likeness (QED) is 0.680. The lowest BCUT2D eigenvalue weighted by Crippen LogP contribution is -2.33. The lowest BCUT2D eigenvalue weighted by atomic mass is 10.1. The van der Waals surface area contributed by atoms with Crippen LogP contribution < -0.4 is 11.1 Å². The molecule has 1 atom stereocenters. The van der Waals surface area contributed by atoms with Gasteiger partial charge in [0.1, 0.15) is 6.04 Å². The fourth-order valence-electron chi connectivity index (χ4n) is 2.72. The van der Waals surface area contributed by atoms with Crippen LogP contribution in [0.15, 0.2) is 53.4 Å². The Hall–Kier alpha value is -1.93. The lowest BCUT2D eigenvalue weighted by Gasteiger charge is -2.18. The van der Waals surface area contributed by atoms with Crippen molar-refractivity contribution in [3.05, 3.63) is 65.2 Å². The lowest BCUT2D eigenvalue weighted by molar-refractivity contribution is -0.122. The van der Waals surface area contributed by atoms with Crippen LogP contribution >= 0.6 is 12.4 Å². The number of rotatable bonds is 8. The van der Waals surface area contributed by atoms with Crippen LogP contribution in [-0.2, 0) is 21.4 Å². The number of amides is 1. The van der Waals surface area contributed by atoms with Gasteiger partial charge in [0.25, 0.3) is 0 Å². The number of hydrogen-bond acceptors (Lipinski definition) is 4. The van der Waals surface area contributed by atoms with E-state index in [1.54, 1.807) is 24.3 Å². The average Bonchev–Trinajstić information content (AvgIpc) is 2.67. The zero-order valence-corrected chi connectivity index (χ0v) is 18.0. The molecule has 0 spiro atoms. The van der Waals surface area contributed by atoms with E-state index < -0.39 is 16.1 Å². The van der Waals surface area contributed by atoms with Crippen molar-refractivity contribution in [1.82, 2.24) is 9.62 Å². The zero-order valence-electron chi connectivity index (χ0n) is 16.4. The van der Waals surface area contributed by atoms with Gasteiger partial charge < -0.3 is 11.1 Å². The molecule has 2 aromatic carbocycles. The molecular weight excluding hydrogens is 398 g/mol. The van der Waals surface area contributed by atoms with Crippen molar-refractivity contribution in [2.45, 2.75) is 38.3 Å². The summed E-state index contributed by atoms with van der Waals surface area (Å²) in [6.07, 6.45) is 0. The number of carbonyl (C=O) groups excluding carboxylic acids is 1. The van der Waals surface area contributed by atoms with Gasteiger partial charge in [-0.1, -0.05) is 55.8 Å². The molecule has 0 aromatic heterocycles. The molecule has 3 N–H and O–H groups in total. The minimum absolute atomic E-state index is 0. The summed E-state index contributed by atoms with van der Waals surface area (Å²) in [6, 6.07) is 13.3. The summed E-state index contributed by atoms with van der Waals surface area (Å²) < 4.78 is 26.4. The molecule has 6 nitrogen and oxygen atoms in total. The maximum atomic E-state index is 12.5.